The molecule has 2 nitrogen and oxygen atoms in total. The fourth-order valence-corrected chi connectivity index (χ4v) is 3.82. The normalized spacial score (nSPS) is 27.9. The van der Waals surface area contributed by atoms with Crippen molar-refractivity contribution in [1.82, 2.24) is 5.32 Å². The van der Waals surface area contributed by atoms with E-state index in [1.807, 2.05) is 24.3 Å². The quantitative estimate of drug-likeness (QED) is 0.894. The molecule has 2 aliphatic carbocycles. The molecule has 2 aliphatic rings. The minimum atomic E-state index is -0.326. The zero-order valence-corrected chi connectivity index (χ0v) is 12.7. The molecule has 3 heteroatoms. The second kappa shape index (κ2) is 5.40. The molecule has 1 aromatic carbocycles. The van der Waals surface area contributed by atoms with Crippen LogP contribution in [0.2, 0.25) is 5.02 Å². The van der Waals surface area contributed by atoms with E-state index in [0.717, 1.165) is 36.3 Å². The van der Waals surface area contributed by atoms with Gasteiger partial charge in [0.1, 0.15) is 0 Å². The Morgan fingerprint density at radius 2 is 2.10 bits per heavy atom. The Labute approximate surface area is 125 Å². The van der Waals surface area contributed by atoms with Gasteiger partial charge in [-0.25, -0.2) is 0 Å². The third-order valence-electron chi connectivity index (χ3n) is 5.20. The van der Waals surface area contributed by atoms with Crippen molar-refractivity contribution in [1.29, 1.82) is 0 Å². The van der Waals surface area contributed by atoms with Crippen LogP contribution in [0.1, 0.15) is 51.0 Å². The van der Waals surface area contributed by atoms with Crippen molar-refractivity contribution >= 4 is 17.5 Å². The maximum absolute atomic E-state index is 12.8. The van der Waals surface area contributed by atoms with Crippen molar-refractivity contribution in [2.24, 2.45) is 5.92 Å². The monoisotopic (exact) mass is 291 g/mol. The molecule has 1 N–H and O–H groups in total. The number of halogens is 1. The molecule has 0 bridgehead atoms. The van der Waals surface area contributed by atoms with E-state index in [0.29, 0.717) is 12.0 Å². The maximum atomic E-state index is 12.8. The molecule has 1 amide bonds. The molecule has 2 unspecified atom stereocenters. The summed E-state index contributed by atoms with van der Waals surface area (Å²) in [4.78, 5) is 12.8. The average molecular weight is 292 g/mol. The van der Waals surface area contributed by atoms with E-state index in [2.05, 4.69) is 12.2 Å². The van der Waals surface area contributed by atoms with Crippen LogP contribution in [0.3, 0.4) is 0 Å². The predicted molar refractivity (Wildman–Crippen MR) is 81.9 cm³/mol. The van der Waals surface area contributed by atoms with Gasteiger partial charge in [-0.3, -0.25) is 4.79 Å². The molecule has 3 rings (SSSR count). The first-order chi connectivity index (χ1) is 9.62. The number of carbonyl (C=O) groups is 1. The summed E-state index contributed by atoms with van der Waals surface area (Å²) in [6.07, 6.45) is 6.60. The SMILES string of the molecule is CC1CCCC1NC(=O)C1(c2cccc(Cl)c2)CCC1. The van der Waals surface area contributed by atoms with Crippen LogP contribution in [0.5, 0.6) is 0 Å². The molecule has 0 spiro atoms. The Morgan fingerprint density at radius 1 is 1.30 bits per heavy atom. The molecular formula is C17H22ClNO. The van der Waals surface area contributed by atoms with Crippen molar-refractivity contribution in [3.63, 3.8) is 0 Å². The van der Waals surface area contributed by atoms with Gasteiger partial charge in [-0.05, 0) is 49.3 Å². The van der Waals surface area contributed by atoms with Gasteiger partial charge in [-0.2, -0.15) is 0 Å². The van der Waals surface area contributed by atoms with Gasteiger partial charge in [0.2, 0.25) is 5.91 Å². The third-order valence-corrected chi connectivity index (χ3v) is 5.43. The average Bonchev–Trinajstić information content (AvgIpc) is 2.74. The van der Waals surface area contributed by atoms with E-state index in [1.165, 1.54) is 12.8 Å². The summed E-state index contributed by atoms with van der Waals surface area (Å²) in [6.45, 7) is 2.24. The lowest BCUT2D eigenvalue weighted by Crippen LogP contribution is -2.52. The number of hydrogen-bond donors (Lipinski definition) is 1. The second-order valence-electron chi connectivity index (χ2n) is 6.43. The molecule has 0 aliphatic heterocycles. The van der Waals surface area contributed by atoms with Crippen molar-refractivity contribution in [2.75, 3.05) is 0 Å². The van der Waals surface area contributed by atoms with Crippen molar-refractivity contribution < 1.29 is 4.79 Å². The Morgan fingerprint density at radius 3 is 2.65 bits per heavy atom. The van der Waals surface area contributed by atoms with Crippen LogP contribution in [0.4, 0.5) is 0 Å². The minimum absolute atomic E-state index is 0.213. The van der Waals surface area contributed by atoms with Crippen LogP contribution in [0, 0.1) is 5.92 Å². The number of benzene rings is 1. The third kappa shape index (κ3) is 2.35. The molecule has 2 saturated carbocycles. The fraction of sp³-hybridized carbons (Fsp3) is 0.588. The molecule has 2 atom stereocenters. The van der Waals surface area contributed by atoms with Gasteiger partial charge in [0.15, 0.2) is 0 Å². The van der Waals surface area contributed by atoms with Crippen molar-refractivity contribution in [3.05, 3.63) is 34.9 Å². The first kappa shape index (κ1) is 13.9. The summed E-state index contributed by atoms with van der Waals surface area (Å²) < 4.78 is 0. The number of rotatable bonds is 3. The second-order valence-corrected chi connectivity index (χ2v) is 6.87. The molecule has 0 heterocycles. The Hall–Kier alpha value is -1.02. The zero-order valence-electron chi connectivity index (χ0n) is 12.0. The van der Waals surface area contributed by atoms with Gasteiger partial charge in [-0.15, -0.1) is 0 Å². The zero-order chi connectivity index (χ0) is 14.2. The highest BCUT2D eigenvalue weighted by molar-refractivity contribution is 6.30. The summed E-state index contributed by atoms with van der Waals surface area (Å²) in [6, 6.07) is 8.18. The number of carbonyl (C=O) groups excluding carboxylic acids is 1. The predicted octanol–water partition coefficient (Wildman–Crippen LogP) is 4.07. The van der Waals surface area contributed by atoms with E-state index in [4.69, 9.17) is 11.6 Å². The van der Waals surface area contributed by atoms with E-state index < -0.39 is 0 Å². The van der Waals surface area contributed by atoms with E-state index in [9.17, 15) is 4.79 Å². The molecule has 108 valence electrons. The van der Waals surface area contributed by atoms with E-state index >= 15 is 0 Å². The van der Waals surface area contributed by atoms with Gasteiger partial charge in [0.25, 0.3) is 0 Å². The molecule has 2 fully saturated rings. The molecule has 0 saturated heterocycles. The highest BCUT2D eigenvalue weighted by Crippen LogP contribution is 2.45. The topological polar surface area (TPSA) is 29.1 Å². The lowest BCUT2D eigenvalue weighted by atomic mass is 9.63. The molecule has 0 radical (unpaired) electrons. The maximum Gasteiger partial charge on any atom is 0.230 e. The van der Waals surface area contributed by atoms with Crippen LogP contribution >= 0.6 is 11.6 Å². The minimum Gasteiger partial charge on any atom is -0.352 e. The van der Waals surface area contributed by atoms with Gasteiger partial charge < -0.3 is 5.32 Å². The molecule has 20 heavy (non-hydrogen) atoms. The van der Waals surface area contributed by atoms with Gasteiger partial charge in [-0.1, -0.05) is 43.5 Å². The summed E-state index contributed by atoms with van der Waals surface area (Å²) >= 11 is 6.10. The summed E-state index contributed by atoms with van der Waals surface area (Å²) in [5.41, 5.74) is 0.757. The smallest absolute Gasteiger partial charge is 0.230 e. The Bertz CT molecular complexity index is 509. The summed E-state index contributed by atoms with van der Waals surface area (Å²) in [7, 11) is 0. The van der Waals surface area contributed by atoms with Gasteiger partial charge in [0.05, 0.1) is 5.41 Å². The Kier molecular flexibility index (Phi) is 3.76. The van der Waals surface area contributed by atoms with Crippen molar-refractivity contribution in [2.45, 2.75) is 56.9 Å². The summed E-state index contributed by atoms with van der Waals surface area (Å²) in [5.74, 6) is 0.820. The van der Waals surface area contributed by atoms with E-state index in [-0.39, 0.29) is 11.3 Å². The number of nitrogens with one attached hydrogen (secondary N) is 1. The van der Waals surface area contributed by atoms with Crippen LogP contribution in [-0.2, 0) is 10.2 Å². The first-order valence-electron chi connectivity index (χ1n) is 7.69. The van der Waals surface area contributed by atoms with Crippen LogP contribution in [-0.4, -0.2) is 11.9 Å². The van der Waals surface area contributed by atoms with Crippen LogP contribution in [0.25, 0.3) is 0 Å². The largest absolute Gasteiger partial charge is 0.352 e. The van der Waals surface area contributed by atoms with Gasteiger partial charge >= 0.3 is 0 Å². The number of hydrogen-bond acceptors (Lipinski definition) is 1. The van der Waals surface area contributed by atoms with Crippen molar-refractivity contribution in [3.8, 4) is 0 Å². The Balaban J connectivity index is 1.80. The lowest BCUT2D eigenvalue weighted by Gasteiger charge is -2.41. The van der Waals surface area contributed by atoms with E-state index in [1.54, 1.807) is 0 Å². The molecule has 0 aromatic heterocycles. The van der Waals surface area contributed by atoms with Crippen LogP contribution in [0.15, 0.2) is 24.3 Å². The lowest BCUT2D eigenvalue weighted by molar-refractivity contribution is -0.130. The molecule has 1 aromatic rings. The highest BCUT2D eigenvalue weighted by atomic mass is 35.5. The summed E-state index contributed by atoms with van der Waals surface area (Å²) in [5, 5.41) is 4.03. The number of amides is 1. The van der Waals surface area contributed by atoms with Gasteiger partial charge in [0, 0.05) is 11.1 Å². The van der Waals surface area contributed by atoms with Crippen LogP contribution < -0.4 is 5.32 Å². The molecular weight excluding hydrogens is 270 g/mol. The fourth-order valence-electron chi connectivity index (χ4n) is 3.63. The first-order valence-corrected chi connectivity index (χ1v) is 8.07. The highest BCUT2D eigenvalue weighted by Gasteiger charge is 2.46. The standard InChI is InChI=1S/C17H22ClNO/c1-12-5-2-8-15(12)19-16(20)17(9-4-10-17)13-6-3-7-14(18)11-13/h3,6-7,11-12,15H,2,4-5,8-10H2,1H3,(H,19,20).